The quantitative estimate of drug-likeness (QED) is 0.831. The number of rotatable bonds is 2. The van der Waals surface area contributed by atoms with Crippen molar-refractivity contribution in [2.24, 2.45) is 11.0 Å². The van der Waals surface area contributed by atoms with Gasteiger partial charge in [-0.3, -0.25) is 4.79 Å². The largest absolute Gasteiger partial charge is 0.271 e. The molecule has 0 bridgehead atoms. The molecule has 1 aromatic carbocycles. The highest BCUT2D eigenvalue weighted by molar-refractivity contribution is 9.10. The first-order valence-corrected chi connectivity index (χ1v) is 7.06. The number of nitrogens with zero attached hydrogens (tertiary/aromatic N) is 1. The lowest BCUT2D eigenvalue weighted by Gasteiger charge is -2.18. The van der Waals surface area contributed by atoms with Crippen LogP contribution in [0.25, 0.3) is 0 Å². The topological polar surface area (TPSA) is 41.5 Å². The van der Waals surface area contributed by atoms with Crippen molar-refractivity contribution in [2.75, 3.05) is 0 Å². The summed E-state index contributed by atoms with van der Waals surface area (Å²) in [7, 11) is 0. The Morgan fingerprint density at radius 1 is 1.39 bits per heavy atom. The van der Waals surface area contributed by atoms with Gasteiger partial charge < -0.3 is 0 Å². The van der Waals surface area contributed by atoms with Crippen LogP contribution in [0.15, 0.2) is 33.8 Å². The highest BCUT2D eigenvalue weighted by Crippen LogP contribution is 2.21. The Morgan fingerprint density at radius 2 is 2.11 bits per heavy atom. The molecule has 0 saturated heterocycles. The van der Waals surface area contributed by atoms with Crippen LogP contribution in [0.4, 0.5) is 0 Å². The van der Waals surface area contributed by atoms with E-state index < -0.39 is 0 Å². The summed E-state index contributed by atoms with van der Waals surface area (Å²) in [6.07, 6.45) is 4.44. The normalized spacial score (nSPS) is 21.9. The van der Waals surface area contributed by atoms with Gasteiger partial charge in [0.15, 0.2) is 0 Å². The minimum absolute atomic E-state index is 0.145. The Bertz CT molecular complexity index is 453. The third-order valence-corrected chi connectivity index (χ3v) is 3.70. The predicted octanol–water partition coefficient (Wildman–Crippen LogP) is 3.75. The molecule has 0 radical (unpaired) electrons. The van der Waals surface area contributed by atoms with Crippen molar-refractivity contribution in [1.29, 1.82) is 0 Å². The molecule has 2 rings (SSSR count). The van der Waals surface area contributed by atoms with Crippen molar-refractivity contribution in [3.8, 4) is 0 Å². The standard InChI is InChI=1S/C14H17BrN2O/c1-10-3-2-4-13(9-10)16-17-14(18)11-5-7-12(15)8-6-11/h5-8,10H,2-4,9H2,1H3,(H,17,18)/b16-13-/t10-/m1/s1. The van der Waals surface area contributed by atoms with Crippen molar-refractivity contribution >= 4 is 27.5 Å². The third kappa shape index (κ3) is 3.67. The molecule has 0 aromatic heterocycles. The van der Waals surface area contributed by atoms with Gasteiger partial charge in [0.1, 0.15) is 0 Å². The summed E-state index contributed by atoms with van der Waals surface area (Å²) in [5.41, 5.74) is 4.38. The van der Waals surface area contributed by atoms with Crippen molar-refractivity contribution in [3.63, 3.8) is 0 Å². The molecule has 1 aromatic rings. The van der Waals surface area contributed by atoms with Gasteiger partial charge in [-0.05, 0) is 55.9 Å². The molecule has 4 heteroatoms. The highest BCUT2D eigenvalue weighted by atomic mass is 79.9. The van der Waals surface area contributed by atoms with Crippen LogP contribution < -0.4 is 5.43 Å². The molecule has 1 amide bonds. The molecule has 0 unspecified atom stereocenters. The van der Waals surface area contributed by atoms with Crippen LogP contribution in [0, 0.1) is 5.92 Å². The van der Waals surface area contributed by atoms with Crippen LogP contribution >= 0.6 is 15.9 Å². The van der Waals surface area contributed by atoms with Gasteiger partial charge >= 0.3 is 0 Å². The highest BCUT2D eigenvalue weighted by Gasteiger charge is 2.14. The SMILES string of the molecule is C[C@@H]1CCC/C(=N/NC(=O)c2ccc(Br)cc2)C1. The second kappa shape index (κ2) is 6.14. The molecule has 1 N–H and O–H groups in total. The number of carbonyl (C=O) groups excluding carboxylic acids is 1. The zero-order valence-electron chi connectivity index (χ0n) is 10.4. The van der Waals surface area contributed by atoms with Crippen LogP contribution in [-0.4, -0.2) is 11.6 Å². The smallest absolute Gasteiger partial charge is 0.267 e. The van der Waals surface area contributed by atoms with Crippen LogP contribution in [0.5, 0.6) is 0 Å². The summed E-state index contributed by atoms with van der Waals surface area (Å²) in [5.74, 6) is 0.537. The average molecular weight is 309 g/mol. The minimum Gasteiger partial charge on any atom is -0.267 e. The number of nitrogens with one attached hydrogen (secondary N) is 1. The molecule has 0 heterocycles. The molecule has 0 aliphatic heterocycles. The van der Waals surface area contributed by atoms with Crippen LogP contribution in [-0.2, 0) is 0 Å². The zero-order valence-corrected chi connectivity index (χ0v) is 12.0. The van der Waals surface area contributed by atoms with E-state index in [1.54, 1.807) is 12.1 Å². The fourth-order valence-corrected chi connectivity index (χ4v) is 2.42. The Labute approximate surface area is 116 Å². The lowest BCUT2D eigenvalue weighted by atomic mass is 9.89. The van der Waals surface area contributed by atoms with Gasteiger partial charge in [0.2, 0.25) is 0 Å². The molecule has 1 aliphatic carbocycles. The number of amides is 1. The predicted molar refractivity (Wildman–Crippen MR) is 76.7 cm³/mol. The first-order valence-electron chi connectivity index (χ1n) is 6.26. The fraction of sp³-hybridized carbons (Fsp3) is 0.429. The number of halogens is 1. The number of benzene rings is 1. The summed E-state index contributed by atoms with van der Waals surface area (Å²) in [5, 5.41) is 4.24. The van der Waals surface area contributed by atoms with Gasteiger partial charge in [0.05, 0.1) is 0 Å². The van der Waals surface area contributed by atoms with Gasteiger partial charge in [0, 0.05) is 15.7 Å². The molecule has 18 heavy (non-hydrogen) atoms. The zero-order chi connectivity index (χ0) is 13.0. The van der Waals surface area contributed by atoms with E-state index in [1.165, 1.54) is 12.8 Å². The van der Waals surface area contributed by atoms with E-state index in [4.69, 9.17) is 0 Å². The third-order valence-electron chi connectivity index (χ3n) is 3.17. The Hall–Kier alpha value is -1.16. The summed E-state index contributed by atoms with van der Waals surface area (Å²) >= 11 is 3.34. The van der Waals surface area contributed by atoms with Crippen LogP contribution in [0.1, 0.15) is 43.0 Å². The molecule has 1 saturated carbocycles. The molecular formula is C14H17BrN2O. The summed E-state index contributed by atoms with van der Waals surface area (Å²) in [6, 6.07) is 7.27. The molecule has 0 spiro atoms. The summed E-state index contributed by atoms with van der Waals surface area (Å²) in [4.78, 5) is 11.8. The molecule has 96 valence electrons. The molecule has 1 aliphatic rings. The molecule has 1 fully saturated rings. The maximum Gasteiger partial charge on any atom is 0.271 e. The molecule has 3 nitrogen and oxygen atoms in total. The minimum atomic E-state index is -0.145. The Balaban J connectivity index is 1.95. The Morgan fingerprint density at radius 3 is 2.78 bits per heavy atom. The number of hydrogen-bond acceptors (Lipinski definition) is 2. The second-order valence-corrected chi connectivity index (χ2v) is 5.74. The van der Waals surface area contributed by atoms with E-state index in [0.717, 1.165) is 23.0 Å². The van der Waals surface area contributed by atoms with E-state index in [1.807, 2.05) is 12.1 Å². The monoisotopic (exact) mass is 308 g/mol. The van der Waals surface area contributed by atoms with E-state index in [-0.39, 0.29) is 5.91 Å². The van der Waals surface area contributed by atoms with Gasteiger partial charge in [-0.15, -0.1) is 0 Å². The van der Waals surface area contributed by atoms with Gasteiger partial charge in [-0.2, -0.15) is 5.10 Å². The first kappa shape index (κ1) is 13.3. The second-order valence-electron chi connectivity index (χ2n) is 4.83. The average Bonchev–Trinajstić information content (AvgIpc) is 2.37. The summed E-state index contributed by atoms with van der Waals surface area (Å²) in [6.45, 7) is 2.23. The Kier molecular flexibility index (Phi) is 4.53. The van der Waals surface area contributed by atoms with Gasteiger partial charge in [-0.25, -0.2) is 5.43 Å². The van der Waals surface area contributed by atoms with Crippen LogP contribution in [0.2, 0.25) is 0 Å². The lowest BCUT2D eigenvalue weighted by molar-refractivity contribution is 0.0954. The maximum absolute atomic E-state index is 11.8. The fourth-order valence-electron chi connectivity index (χ4n) is 2.16. The number of carbonyl (C=O) groups is 1. The maximum atomic E-state index is 11.8. The van der Waals surface area contributed by atoms with Crippen molar-refractivity contribution in [3.05, 3.63) is 34.3 Å². The van der Waals surface area contributed by atoms with Gasteiger partial charge in [0.25, 0.3) is 5.91 Å². The number of hydrogen-bond donors (Lipinski definition) is 1. The first-order chi connectivity index (χ1) is 8.65. The number of hydrazone groups is 1. The van der Waals surface area contributed by atoms with E-state index in [2.05, 4.69) is 33.4 Å². The van der Waals surface area contributed by atoms with Crippen LogP contribution in [0.3, 0.4) is 0 Å². The van der Waals surface area contributed by atoms with Crippen molar-refractivity contribution in [1.82, 2.24) is 5.43 Å². The van der Waals surface area contributed by atoms with Crippen molar-refractivity contribution < 1.29 is 4.79 Å². The van der Waals surface area contributed by atoms with E-state index in [9.17, 15) is 4.79 Å². The van der Waals surface area contributed by atoms with E-state index in [0.29, 0.717) is 11.5 Å². The van der Waals surface area contributed by atoms with E-state index >= 15 is 0 Å². The molecular weight excluding hydrogens is 292 g/mol. The lowest BCUT2D eigenvalue weighted by Crippen LogP contribution is -2.22. The van der Waals surface area contributed by atoms with Crippen molar-refractivity contribution in [2.45, 2.75) is 32.6 Å². The summed E-state index contributed by atoms with van der Waals surface area (Å²) < 4.78 is 0.964. The van der Waals surface area contributed by atoms with Gasteiger partial charge in [-0.1, -0.05) is 22.9 Å². The molecule has 1 atom stereocenters.